The number of aromatic nitrogens is 5. The molecule has 22 heavy (non-hydrogen) atoms. The van der Waals surface area contributed by atoms with Crippen LogP contribution >= 0.6 is 0 Å². The van der Waals surface area contributed by atoms with Crippen LogP contribution in [0.25, 0.3) is 22.6 Å². The Morgan fingerprint density at radius 1 is 1.00 bits per heavy atom. The smallest absolute Gasteiger partial charge is 0.165 e. The number of hydrogen-bond acceptors (Lipinski definition) is 5. The summed E-state index contributed by atoms with van der Waals surface area (Å²) in [6.45, 7) is 2.10. The molecule has 0 aromatic carbocycles. The Kier molecular flexibility index (Phi) is 3.21. The largest absolute Gasteiger partial charge is 0.355 e. The van der Waals surface area contributed by atoms with Crippen molar-refractivity contribution in [1.29, 1.82) is 0 Å². The zero-order chi connectivity index (χ0) is 14.9. The highest BCUT2D eigenvalue weighted by Gasteiger charge is 2.20. The highest BCUT2D eigenvalue weighted by Crippen LogP contribution is 2.28. The Labute approximate surface area is 128 Å². The first kappa shape index (κ1) is 13.2. The molecule has 1 saturated heterocycles. The molecule has 0 unspecified atom stereocenters. The van der Waals surface area contributed by atoms with E-state index in [1.165, 1.54) is 19.3 Å². The lowest BCUT2D eigenvalue weighted by molar-refractivity contribution is 0.574. The van der Waals surface area contributed by atoms with Gasteiger partial charge in [-0.1, -0.05) is 0 Å². The van der Waals surface area contributed by atoms with Gasteiger partial charge in [-0.25, -0.2) is 15.0 Å². The zero-order valence-electron chi connectivity index (χ0n) is 12.6. The normalized spacial score (nSPS) is 15.4. The molecule has 0 amide bonds. The van der Waals surface area contributed by atoms with Gasteiger partial charge >= 0.3 is 0 Å². The molecule has 0 spiro atoms. The fourth-order valence-corrected chi connectivity index (χ4v) is 3.08. The van der Waals surface area contributed by atoms with E-state index >= 15 is 0 Å². The lowest BCUT2D eigenvalue weighted by Crippen LogP contribution is -2.30. The SMILES string of the molecule is Cn1c(-c2ccncc2)nc2c(N3CCCCC3)ncnc21. The second kappa shape index (κ2) is 5.36. The summed E-state index contributed by atoms with van der Waals surface area (Å²) in [6, 6.07) is 3.93. The van der Waals surface area contributed by atoms with Crippen molar-refractivity contribution < 1.29 is 0 Å². The van der Waals surface area contributed by atoms with Crippen molar-refractivity contribution in [2.24, 2.45) is 7.05 Å². The lowest BCUT2D eigenvalue weighted by Gasteiger charge is -2.27. The first-order valence-corrected chi connectivity index (χ1v) is 7.67. The van der Waals surface area contributed by atoms with Gasteiger partial charge in [0.05, 0.1) is 0 Å². The van der Waals surface area contributed by atoms with Crippen molar-refractivity contribution in [3.63, 3.8) is 0 Å². The number of imidazole rings is 1. The summed E-state index contributed by atoms with van der Waals surface area (Å²) in [6.07, 6.45) is 8.95. The van der Waals surface area contributed by atoms with Crippen molar-refractivity contribution in [2.75, 3.05) is 18.0 Å². The molecule has 4 heterocycles. The summed E-state index contributed by atoms with van der Waals surface area (Å²) >= 11 is 0. The predicted molar refractivity (Wildman–Crippen MR) is 85.6 cm³/mol. The molecule has 0 N–H and O–H groups in total. The second-order valence-corrected chi connectivity index (χ2v) is 5.65. The van der Waals surface area contributed by atoms with E-state index in [2.05, 4.69) is 19.9 Å². The zero-order valence-corrected chi connectivity index (χ0v) is 12.6. The van der Waals surface area contributed by atoms with Crippen LogP contribution < -0.4 is 4.90 Å². The quantitative estimate of drug-likeness (QED) is 0.726. The minimum absolute atomic E-state index is 0.877. The summed E-state index contributed by atoms with van der Waals surface area (Å²) in [5.74, 6) is 1.86. The number of hydrogen-bond donors (Lipinski definition) is 0. The van der Waals surface area contributed by atoms with E-state index in [1.54, 1.807) is 18.7 Å². The fourth-order valence-electron chi connectivity index (χ4n) is 3.08. The Hall–Kier alpha value is -2.50. The van der Waals surface area contributed by atoms with Crippen LogP contribution in [0.3, 0.4) is 0 Å². The van der Waals surface area contributed by atoms with Gasteiger partial charge < -0.3 is 9.47 Å². The van der Waals surface area contributed by atoms with Gasteiger partial charge in [-0.2, -0.15) is 0 Å². The van der Waals surface area contributed by atoms with Crippen LogP contribution in [0, 0.1) is 0 Å². The van der Waals surface area contributed by atoms with Crippen molar-refractivity contribution in [3.8, 4) is 11.4 Å². The summed E-state index contributed by atoms with van der Waals surface area (Å²) < 4.78 is 2.03. The third-order valence-electron chi connectivity index (χ3n) is 4.23. The molecule has 3 aromatic heterocycles. The van der Waals surface area contributed by atoms with E-state index in [1.807, 2.05) is 23.7 Å². The standard InChI is InChI=1S/C16H18N6/c1-21-14(12-5-7-17-8-6-12)20-13-15(21)18-11-19-16(13)22-9-3-2-4-10-22/h5-8,11H,2-4,9-10H2,1H3. The van der Waals surface area contributed by atoms with Gasteiger partial charge in [0, 0.05) is 38.1 Å². The highest BCUT2D eigenvalue weighted by molar-refractivity contribution is 5.86. The summed E-state index contributed by atoms with van der Waals surface area (Å²) in [7, 11) is 2.00. The Morgan fingerprint density at radius 2 is 1.77 bits per heavy atom. The number of fused-ring (bicyclic) bond motifs is 1. The predicted octanol–water partition coefficient (Wildman–Crippen LogP) is 2.42. The summed E-state index contributed by atoms with van der Waals surface area (Å²) in [5, 5.41) is 0. The number of piperidine rings is 1. The number of rotatable bonds is 2. The van der Waals surface area contributed by atoms with E-state index in [0.29, 0.717) is 0 Å². The maximum absolute atomic E-state index is 4.83. The number of nitrogens with zero attached hydrogens (tertiary/aromatic N) is 6. The van der Waals surface area contributed by atoms with Gasteiger partial charge in [0.15, 0.2) is 17.0 Å². The molecule has 1 aliphatic rings. The first-order chi connectivity index (χ1) is 10.8. The van der Waals surface area contributed by atoms with Crippen LogP contribution in [0.4, 0.5) is 5.82 Å². The third-order valence-corrected chi connectivity index (χ3v) is 4.23. The van der Waals surface area contributed by atoms with Crippen LogP contribution in [0.2, 0.25) is 0 Å². The number of aryl methyl sites for hydroxylation is 1. The van der Waals surface area contributed by atoms with Crippen LogP contribution in [-0.2, 0) is 7.05 Å². The molecule has 1 aliphatic heterocycles. The monoisotopic (exact) mass is 294 g/mol. The molecule has 3 aromatic rings. The molecule has 0 bridgehead atoms. The Balaban J connectivity index is 1.87. The van der Waals surface area contributed by atoms with Crippen LogP contribution in [0.5, 0.6) is 0 Å². The molecule has 0 radical (unpaired) electrons. The van der Waals surface area contributed by atoms with Crippen molar-refractivity contribution in [1.82, 2.24) is 24.5 Å². The van der Waals surface area contributed by atoms with Gasteiger partial charge in [0.2, 0.25) is 0 Å². The van der Waals surface area contributed by atoms with Crippen molar-refractivity contribution in [3.05, 3.63) is 30.9 Å². The third kappa shape index (κ3) is 2.11. The highest BCUT2D eigenvalue weighted by atomic mass is 15.2. The molecule has 6 heteroatoms. The summed E-state index contributed by atoms with van der Waals surface area (Å²) in [4.78, 5) is 20.2. The average molecular weight is 294 g/mol. The number of pyridine rings is 1. The average Bonchev–Trinajstić information content (AvgIpc) is 2.94. The van der Waals surface area contributed by atoms with Crippen molar-refractivity contribution >= 4 is 17.0 Å². The molecular weight excluding hydrogens is 276 g/mol. The lowest BCUT2D eigenvalue weighted by atomic mass is 10.1. The minimum atomic E-state index is 0.877. The second-order valence-electron chi connectivity index (χ2n) is 5.65. The van der Waals surface area contributed by atoms with Gasteiger partial charge in [0.25, 0.3) is 0 Å². The van der Waals surface area contributed by atoms with E-state index in [0.717, 1.165) is 41.5 Å². The molecule has 112 valence electrons. The molecule has 1 fully saturated rings. The van der Waals surface area contributed by atoms with Crippen LogP contribution in [0.1, 0.15) is 19.3 Å². The Bertz CT molecular complexity index is 789. The van der Waals surface area contributed by atoms with Crippen molar-refractivity contribution in [2.45, 2.75) is 19.3 Å². The maximum atomic E-state index is 4.83. The molecule has 0 atom stereocenters. The molecule has 6 nitrogen and oxygen atoms in total. The maximum Gasteiger partial charge on any atom is 0.165 e. The van der Waals surface area contributed by atoms with E-state index in [4.69, 9.17) is 4.98 Å². The number of anilines is 1. The Morgan fingerprint density at radius 3 is 2.55 bits per heavy atom. The topological polar surface area (TPSA) is 59.7 Å². The molecule has 0 aliphatic carbocycles. The van der Waals surface area contributed by atoms with E-state index < -0.39 is 0 Å². The fraction of sp³-hybridized carbons (Fsp3) is 0.375. The van der Waals surface area contributed by atoms with Crippen LogP contribution in [-0.4, -0.2) is 37.6 Å². The molecule has 0 saturated carbocycles. The van der Waals surface area contributed by atoms with Gasteiger partial charge in [-0.15, -0.1) is 0 Å². The van der Waals surface area contributed by atoms with Crippen LogP contribution in [0.15, 0.2) is 30.9 Å². The first-order valence-electron chi connectivity index (χ1n) is 7.67. The summed E-state index contributed by atoms with van der Waals surface area (Å²) in [5.41, 5.74) is 2.81. The molecule has 4 rings (SSSR count). The van der Waals surface area contributed by atoms with Gasteiger partial charge in [-0.3, -0.25) is 4.98 Å². The molecular formula is C16H18N6. The van der Waals surface area contributed by atoms with E-state index in [9.17, 15) is 0 Å². The van der Waals surface area contributed by atoms with E-state index in [-0.39, 0.29) is 0 Å². The van der Waals surface area contributed by atoms with Gasteiger partial charge in [-0.05, 0) is 31.4 Å². The van der Waals surface area contributed by atoms with Gasteiger partial charge in [0.1, 0.15) is 12.2 Å². The minimum Gasteiger partial charge on any atom is -0.355 e.